The highest BCUT2D eigenvalue weighted by atomic mass is 32.1. The van der Waals surface area contributed by atoms with Crippen LogP contribution in [0.5, 0.6) is 0 Å². The molecule has 29 heavy (non-hydrogen) atoms. The van der Waals surface area contributed by atoms with Gasteiger partial charge in [-0.05, 0) is 50.4 Å². The maximum atomic E-state index is 14.5. The lowest BCUT2D eigenvalue weighted by atomic mass is 10.0. The van der Waals surface area contributed by atoms with Crippen LogP contribution in [-0.4, -0.2) is 46.7 Å². The fourth-order valence-electron chi connectivity index (χ4n) is 5.51. The van der Waals surface area contributed by atoms with E-state index in [2.05, 4.69) is 21.7 Å². The number of carboxylic acids is 1. The van der Waals surface area contributed by atoms with Gasteiger partial charge in [0.25, 0.3) is 5.92 Å². The zero-order valence-electron chi connectivity index (χ0n) is 16.6. The van der Waals surface area contributed by atoms with Crippen LogP contribution in [0.25, 0.3) is 0 Å². The van der Waals surface area contributed by atoms with Crippen molar-refractivity contribution >= 4 is 31.2 Å². The van der Waals surface area contributed by atoms with E-state index in [9.17, 15) is 13.6 Å². The summed E-state index contributed by atoms with van der Waals surface area (Å²) >= 11 is 0. The molecule has 0 radical (unpaired) electrons. The SMILES string of the molecule is C[C@H]1CCCCN1c1nc(N2C[C@@H]3C(CC(=O)O)[C@@H]3C2)c2c(n1)C(F)(F)CC2.S. The number of nitrogens with zero attached hydrogens (tertiary/aromatic N) is 4. The molecule has 1 saturated carbocycles. The van der Waals surface area contributed by atoms with Gasteiger partial charge in [0.15, 0.2) is 0 Å². The van der Waals surface area contributed by atoms with Crippen LogP contribution in [0.4, 0.5) is 20.5 Å². The van der Waals surface area contributed by atoms with Gasteiger partial charge in [-0.1, -0.05) is 0 Å². The number of hydrogen-bond donors (Lipinski definition) is 1. The van der Waals surface area contributed by atoms with Gasteiger partial charge in [0.2, 0.25) is 5.95 Å². The molecule has 160 valence electrons. The molecule has 0 bridgehead atoms. The highest BCUT2D eigenvalue weighted by Gasteiger charge is 2.57. The van der Waals surface area contributed by atoms with Crippen LogP contribution in [0, 0.1) is 17.8 Å². The number of rotatable bonds is 4. The minimum Gasteiger partial charge on any atom is -0.481 e. The number of fused-ring (bicyclic) bond motifs is 2. The Morgan fingerprint density at radius 3 is 2.62 bits per heavy atom. The van der Waals surface area contributed by atoms with Gasteiger partial charge in [-0.15, -0.1) is 0 Å². The van der Waals surface area contributed by atoms with Gasteiger partial charge in [-0.3, -0.25) is 4.79 Å². The molecule has 4 aliphatic rings. The molecule has 1 aromatic rings. The number of carboxylic acid groups (broad SMARTS) is 1. The first-order chi connectivity index (χ1) is 13.3. The lowest BCUT2D eigenvalue weighted by molar-refractivity contribution is -0.137. The van der Waals surface area contributed by atoms with Crippen LogP contribution in [0.1, 0.15) is 50.3 Å². The quantitative estimate of drug-likeness (QED) is 0.798. The van der Waals surface area contributed by atoms with Gasteiger partial charge >= 0.3 is 5.97 Å². The summed E-state index contributed by atoms with van der Waals surface area (Å²) in [6.45, 7) is 4.34. The first-order valence-electron chi connectivity index (χ1n) is 10.4. The summed E-state index contributed by atoms with van der Waals surface area (Å²) in [6.07, 6.45) is 3.51. The summed E-state index contributed by atoms with van der Waals surface area (Å²) in [7, 11) is 0. The molecule has 1 unspecified atom stereocenters. The van der Waals surface area contributed by atoms with Gasteiger partial charge in [-0.2, -0.15) is 27.3 Å². The molecule has 1 N–H and O–H groups in total. The van der Waals surface area contributed by atoms with Crippen molar-refractivity contribution in [2.45, 2.75) is 57.4 Å². The van der Waals surface area contributed by atoms with Crippen molar-refractivity contribution in [3.05, 3.63) is 11.3 Å². The van der Waals surface area contributed by atoms with Crippen molar-refractivity contribution in [3.8, 4) is 0 Å². The zero-order chi connectivity index (χ0) is 19.6. The molecule has 5 rings (SSSR count). The molecule has 3 heterocycles. The third-order valence-corrected chi connectivity index (χ3v) is 7.15. The normalized spacial score (nSPS) is 31.8. The van der Waals surface area contributed by atoms with E-state index in [0.29, 0.717) is 48.7 Å². The van der Waals surface area contributed by atoms with E-state index in [1.807, 2.05) is 0 Å². The minimum absolute atomic E-state index is 0. The molecule has 2 aliphatic carbocycles. The van der Waals surface area contributed by atoms with Crippen molar-refractivity contribution in [1.82, 2.24) is 9.97 Å². The first kappa shape index (κ1) is 20.6. The molecule has 6 nitrogen and oxygen atoms in total. The molecule has 1 aromatic heterocycles. The Bertz CT molecular complexity index is 812. The summed E-state index contributed by atoms with van der Waals surface area (Å²) in [6, 6.07) is 0.251. The Morgan fingerprint density at radius 1 is 1.24 bits per heavy atom. The molecule has 4 atom stereocenters. The Morgan fingerprint density at radius 2 is 1.97 bits per heavy atom. The van der Waals surface area contributed by atoms with Gasteiger partial charge in [0.05, 0.1) is 0 Å². The molecule has 3 fully saturated rings. The second-order valence-electron chi connectivity index (χ2n) is 8.91. The summed E-state index contributed by atoms with van der Waals surface area (Å²) in [5.41, 5.74) is 0.502. The lowest BCUT2D eigenvalue weighted by Gasteiger charge is -2.34. The van der Waals surface area contributed by atoms with Crippen molar-refractivity contribution in [2.75, 3.05) is 29.4 Å². The smallest absolute Gasteiger partial charge is 0.303 e. The summed E-state index contributed by atoms with van der Waals surface area (Å²) in [4.78, 5) is 24.3. The van der Waals surface area contributed by atoms with Crippen LogP contribution >= 0.6 is 13.5 Å². The molecule has 2 aliphatic heterocycles. The van der Waals surface area contributed by atoms with E-state index in [0.717, 1.165) is 25.8 Å². The first-order valence-corrected chi connectivity index (χ1v) is 10.4. The number of aromatic nitrogens is 2. The van der Waals surface area contributed by atoms with Crippen LogP contribution in [-0.2, 0) is 17.1 Å². The number of halogens is 2. The Balaban J connectivity index is 0.00000205. The Labute approximate surface area is 176 Å². The molecule has 9 heteroatoms. The lowest BCUT2D eigenvalue weighted by Crippen LogP contribution is -2.39. The fourth-order valence-corrected chi connectivity index (χ4v) is 5.51. The Hall–Kier alpha value is -1.64. The predicted molar refractivity (Wildman–Crippen MR) is 110 cm³/mol. The average molecular weight is 427 g/mol. The van der Waals surface area contributed by atoms with Crippen molar-refractivity contribution in [3.63, 3.8) is 0 Å². The highest BCUT2D eigenvalue weighted by Crippen LogP contribution is 2.55. The second kappa shape index (κ2) is 7.25. The monoisotopic (exact) mass is 426 g/mol. The van der Waals surface area contributed by atoms with Gasteiger partial charge in [0.1, 0.15) is 11.5 Å². The molecule has 2 saturated heterocycles. The van der Waals surface area contributed by atoms with E-state index in [4.69, 9.17) is 10.1 Å². The van der Waals surface area contributed by atoms with Crippen molar-refractivity contribution in [2.24, 2.45) is 17.8 Å². The maximum absolute atomic E-state index is 14.5. The standard InChI is InChI=1S/C20H26F2N4O2.H2S/c1-11-4-2-3-7-26(11)19-23-17-12(5-6-20(17,21)22)18(24-19)25-9-14-13(8-16(27)28)15(14)10-25;/h11,13-15H,2-10H2,1H3,(H,27,28);1H2/t11-,13?,14-,15+;/m0./s1. The van der Waals surface area contributed by atoms with E-state index >= 15 is 0 Å². The maximum Gasteiger partial charge on any atom is 0.303 e. The largest absolute Gasteiger partial charge is 0.481 e. The van der Waals surface area contributed by atoms with E-state index in [-0.39, 0.29) is 44.0 Å². The van der Waals surface area contributed by atoms with Gasteiger partial charge in [-0.25, -0.2) is 4.98 Å². The number of piperidine rings is 2. The van der Waals surface area contributed by atoms with Crippen molar-refractivity contribution in [1.29, 1.82) is 0 Å². The third-order valence-electron chi connectivity index (χ3n) is 7.15. The summed E-state index contributed by atoms with van der Waals surface area (Å²) < 4.78 is 29.1. The summed E-state index contributed by atoms with van der Waals surface area (Å²) in [5.74, 6) is -1.63. The molecular formula is C20H28F2N4O2S. The number of alkyl halides is 2. The molecular weight excluding hydrogens is 398 g/mol. The van der Waals surface area contributed by atoms with Gasteiger partial charge in [0, 0.05) is 44.1 Å². The summed E-state index contributed by atoms with van der Waals surface area (Å²) in [5, 5.41) is 9.03. The van der Waals surface area contributed by atoms with Crippen LogP contribution in [0.15, 0.2) is 0 Å². The third kappa shape index (κ3) is 3.45. The average Bonchev–Trinajstić information content (AvgIpc) is 2.99. The fraction of sp³-hybridized carbons (Fsp3) is 0.750. The number of hydrogen-bond acceptors (Lipinski definition) is 5. The molecule has 0 amide bonds. The number of anilines is 2. The number of aliphatic carboxylic acids is 1. The van der Waals surface area contributed by atoms with Crippen LogP contribution < -0.4 is 9.80 Å². The topological polar surface area (TPSA) is 69.6 Å². The van der Waals surface area contributed by atoms with Crippen LogP contribution in [0.3, 0.4) is 0 Å². The Kier molecular flexibility index (Phi) is 5.16. The van der Waals surface area contributed by atoms with Gasteiger partial charge < -0.3 is 14.9 Å². The van der Waals surface area contributed by atoms with E-state index < -0.39 is 11.9 Å². The zero-order valence-corrected chi connectivity index (χ0v) is 17.6. The minimum atomic E-state index is -2.89. The highest BCUT2D eigenvalue weighted by molar-refractivity contribution is 7.59. The van der Waals surface area contributed by atoms with Crippen molar-refractivity contribution < 1.29 is 18.7 Å². The molecule has 0 spiro atoms. The second-order valence-corrected chi connectivity index (χ2v) is 8.91. The number of carbonyl (C=O) groups is 1. The predicted octanol–water partition coefficient (Wildman–Crippen LogP) is 3.16. The van der Waals surface area contributed by atoms with E-state index in [1.165, 1.54) is 0 Å². The van der Waals surface area contributed by atoms with Crippen LogP contribution in [0.2, 0.25) is 0 Å². The van der Waals surface area contributed by atoms with E-state index in [1.54, 1.807) is 0 Å². The molecule has 0 aromatic carbocycles.